The smallest absolute Gasteiger partial charge is 0.330 e. The highest BCUT2D eigenvalue weighted by Crippen LogP contribution is 2.50. The molecule has 0 spiro atoms. The van der Waals surface area contributed by atoms with Crippen LogP contribution in [0, 0.1) is 23.2 Å². The SMILES string of the molecule is CC[C@H]1O[C@@H](n2cc(/C=C/C(=O)NCCCC(=O)[C@@H](C)c3ccc(CC(C)C)cc3)c(=O)[nH]c2=O)CC1OC(=O)CCC(=O)NC.CC[C@H]1O[C@@H](n2cc(/C=C/C(=O)NCCCC(=O)[C@@H](C)c3ccc(CC(C)C)cc3)c(=O)[nH]c2=O)CC1OP(OCCC#N)N(C(C)C)C(C)C.CC[C@H]1O[C@@H](n2cc(/C=C/C(=O)NCCCC(=O)[C@@H](C)c3ccc4cc(OC)ccc4c3)c(=O)[nH]c2=O)CC1OC(=O)CCC(=O)NC. The van der Waals surface area contributed by atoms with Gasteiger partial charge >= 0.3 is 29.0 Å². The van der Waals surface area contributed by atoms with E-state index in [2.05, 4.69) is 132 Å². The van der Waals surface area contributed by atoms with Gasteiger partial charge in [0.15, 0.2) is 0 Å². The van der Waals surface area contributed by atoms with Crippen LogP contribution in [0.5, 0.6) is 5.75 Å². The maximum absolute atomic E-state index is 12.9. The molecular formula is C107H144N13O24P. The van der Waals surface area contributed by atoms with Gasteiger partial charge in [0.25, 0.3) is 25.2 Å². The third kappa shape index (κ3) is 36.7. The Balaban J connectivity index is 0.000000266. The van der Waals surface area contributed by atoms with Crippen LogP contribution < -0.4 is 65.1 Å². The minimum absolute atomic E-state index is 0.00319. The van der Waals surface area contributed by atoms with Gasteiger partial charge in [-0.1, -0.05) is 142 Å². The zero-order valence-corrected chi connectivity index (χ0v) is 87.2. The summed E-state index contributed by atoms with van der Waals surface area (Å²) in [6.07, 6.45) is 12.8. The Kier molecular flexibility index (Phi) is 47.7. The topological polar surface area (TPSA) is 496 Å². The van der Waals surface area contributed by atoms with E-state index in [0.717, 1.165) is 46.1 Å². The molecule has 4 unspecified atom stereocenters. The minimum atomic E-state index is -1.52. The van der Waals surface area contributed by atoms with E-state index in [-0.39, 0.29) is 153 Å². The lowest BCUT2D eigenvalue weighted by atomic mass is 9.92. The molecule has 8 N–H and O–H groups in total. The first kappa shape index (κ1) is 117. The number of aromatic amines is 3. The molecule has 145 heavy (non-hydrogen) atoms. The summed E-state index contributed by atoms with van der Waals surface area (Å²) in [5.74, 6) is -1.62. The molecule has 13 atom stereocenters. The molecule has 3 fully saturated rings. The Morgan fingerprint density at radius 3 is 1.16 bits per heavy atom. The Hall–Kier alpha value is -12.8. The quantitative estimate of drug-likeness (QED) is 0.00760. The number of benzene rings is 4. The molecule has 5 amide bonds. The van der Waals surface area contributed by atoms with Crippen molar-refractivity contribution < 1.29 is 85.4 Å². The number of methoxy groups -OCH3 is 1. The summed E-state index contributed by atoms with van der Waals surface area (Å²) in [4.78, 5) is 206. The number of nitrogens with zero attached hydrogens (tertiary/aromatic N) is 5. The lowest BCUT2D eigenvalue weighted by Crippen LogP contribution is -2.35. The molecule has 0 aliphatic carbocycles. The van der Waals surface area contributed by atoms with E-state index in [1.54, 1.807) is 7.11 Å². The second kappa shape index (κ2) is 59.0. The molecule has 7 aromatic rings. The van der Waals surface area contributed by atoms with Gasteiger partial charge in [-0.3, -0.25) is 91.0 Å². The van der Waals surface area contributed by atoms with Crippen LogP contribution in [-0.2, 0) is 93.5 Å². The molecule has 786 valence electrons. The van der Waals surface area contributed by atoms with Crippen molar-refractivity contribution in [2.45, 2.75) is 304 Å². The molecule has 6 heterocycles. The van der Waals surface area contributed by atoms with E-state index in [9.17, 15) is 76.7 Å². The van der Waals surface area contributed by atoms with Gasteiger partial charge in [-0.2, -0.15) is 5.26 Å². The van der Waals surface area contributed by atoms with E-state index in [4.69, 9.17) is 42.7 Å². The zero-order chi connectivity index (χ0) is 106. The van der Waals surface area contributed by atoms with Crippen molar-refractivity contribution >= 4 is 96.4 Å². The second-order valence-electron chi connectivity index (χ2n) is 37.6. The number of nitrogens with one attached hydrogen (secondary N) is 8. The van der Waals surface area contributed by atoms with Crippen LogP contribution in [0.25, 0.3) is 29.0 Å². The molecule has 38 heteroatoms. The lowest BCUT2D eigenvalue weighted by Gasteiger charge is -2.37. The zero-order valence-electron chi connectivity index (χ0n) is 86.3. The van der Waals surface area contributed by atoms with Crippen molar-refractivity contribution in [1.29, 1.82) is 5.26 Å². The van der Waals surface area contributed by atoms with Crippen molar-refractivity contribution in [3.05, 3.63) is 229 Å². The van der Waals surface area contributed by atoms with Crippen LogP contribution in [0.3, 0.4) is 0 Å². The van der Waals surface area contributed by atoms with Crippen LogP contribution in [-0.4, -0.2) is 188 Å². The first-order chi connectivity index (χ1) is 69.2. The maximum Gasteiger partial charge on any atom is 0.330 e. The predicted octanol–water partition coefficient (Wildman–Crippen LogP) is 12.6. The van der Waals surface area contributed by atoms with E-state index in [0.29, 0.717) is 76.2 Å². The standard InChI is InChI=1S/C38H56N5O7P.C35H42N4O9.C34H46N4O8/c1-9-33-34(50-51(48-21-11-19-39)43(26(4)5)27(6)7)23-36(49-33)42-24-31(37(46)41-38(42)47)17-18-35(45)40-20-10-12-32(44)28(8)30-15-13-29(14-16-30)22-25(2)3;1-5-28-29(48-33(43)15-14-30(41)36-3)19-32(47-28)39-20-25(34(44)38-35(39)45)11-13-31(42)37-16-6-7-27(40)21(2)22-8-9-24-18-26(46-4)12-10-23(24)17-22;1-6-27-28(46-32(42)16-15-29(40)35-5)19-31(45-27)38-20-25(33(43)37-34(38)44)13-14-30(41)36-17-7-8-26(39)22(4)24-11-9-23(10-12-24)18-21(2)3/h13-18,24-28,33-34,36H,9-12,20-23H2,1-8H3,(H,40,45)(H,41,46,47);8-13,17-18,20-21,28-29,32H,5-7,14-16,19H2,1-4H3,(H,36,41)(H,37,42)(H,38,44,45);9-14,20-22,27-28,31H,6-8,15-19H2,1-5H3,(H,35,40)(H,36,41)(H,37,43,44)/b18-17+;13-11+;14-13+/t28-,33+,34?,36+,51?;21-,28+,29?,32+;22-,27+,28?,31+/m000/s1. The molecule has 3 aromatic heterocycles. The Morgan fingerprint density at radius 2 is 0.814 bits per heavy atom. The van der Waals surface area contributed by atoms with Crippen molar-refractivity contribution in [1.82, 2.24) is 59.9 Å². The lowest BCUT2D eigenvalue weighted by molar-refractivity contribution is -0.153. The largest absolute Gasteiger partial charge is 0.497 e. The first-order valence-electron chi connectivity index (χ1n) is 50.0. The summed E-state index contributed by atoms with van der Waals surface area (Å²) in [6, 6.07) is 30.4. The second-order valence-corrected chi connectivity index (χ2v) is 39.0. The van der Waals surface area contributed by atoms with Gasteiger partial charge in [0, 0.05) is 152 Å². The number of Topliss-reactive ketones (excluding diaryl/α,β-unsaturated/α-hetero) is 3. The summed E-state index contributed by atoms with van der Waals surface area (Å²) < 4.78 is 53.0. The van der Waals surface area contributed by atoms with E-state index in [1.165, 1.54) is 94.0 Å². The van der Waals surface area contributed by atoms with Gasteiger partial charge in [0.05, 0.1) is 80.2 Å². The number of carbonyl (C=O) groups is 10. The van der Waals surface area contributed by atoms with Gasteiger partial charge in [0.2, 0.25) is 29.5 Å². The average Bonchev–Trinajstić information content (AvgIpc) is 1.74. The Morgan fingerprint density at radius 1 is 0.469 bits per heavy atom. The number of aromatic nitrogens is 6. The number of ketones is 3. The van der Waals surface area contributed by atoms with Gasteiger partial charge in [-0.05, 0) is 160 Å². The van der Waals surface area contributed by atoms with Crippen molar-refractivity contribution in [3.63, 3.8) is 0 Å². The highest BCUT2D eigenvalue weighted by atomic mass is 31.2. The average molecular weight is 2030 g/mol. The molecule has 3 saturated heterocycles. The number of esters is 2. The molecular weight excluding hydrogens is 1880 g/mol. The fourth-order valence-corrected chi connectivity index (χ4v) is 18.6. The molecule has 10 rings (SSSR count). The summed E-state index contributed by atoms with van der Waals surface area (Å²) in [7, 11) is 3.05. The van der Waals surface area contributed by atoms with Crippen molar-refractivity contribution in [3.8, 4) is 11.8 Å². The summed E-state index contributed by atoms with van der Waals surface area (Å²) >= 11 is 0. The van der Waals surface area contributed by atoms with Crippen LogP contribution in [0.4, 0.5) is 0 Å². The normalized spacial score (nSPS) is 18.5. The molecule has 4 aromatic carbocycles. The summed E-state index contributed by atoms with van der Waals surface area (Å²) in [6.45, 7) is 29.3. The van der Waals surface area contributed by atoms with Crippen LogP contribution in [0.2, 0.25) is 0 Å². The van der Waals surface area contributed by atoms with Crippen LogP contribution in [0.1, 0.15) is 287 Å². The van der Waals surface area contributed by atoms with E-state index in [1.807, 2.05) is 102 Å². The molecule has 3 aliphatic rings. The third-order valence-corrected chi connectivity index (χ3v) is 27.2. The van der Waals surface area contributed by atoms with Crippen molar-refractivity contribution in [2.75, 3.05) is 47.4 Å². The summed E-state index contributed by atoms with van der Waals surface area (Å²) in [5.41, 5.74) is 1.54. The maximum atomic E-state index is 12.9. The van der Waals surface area contributed by atoms with Crippen LogP contribution >= 0.6 is 8.53 Å². The molecule has 37 nitrogen and oxygen atoms in total. The number of hydrogen-bond donors (Lipinski definition) is 8. The highest BCUT2D eigenvalue weighted by Gasteiger charge is 2.43. The predicted molar refractivity (Wildman–Crippen MR) is 551 cm³/mol. The van der Waals surface area contributed by atoms with E-state index >= 15 is 0 Å². The first-order valence-corrected chi connectivity index (χ1v) is 51.1. The number of rotatable bonds is 51. The Bertz CT molecular complexity index is 6060. The molecule has 0 radical (unpaired) electrons. The van der Waals surface area contributed by atoms with E-state index < -0.39 is 121 Å². The van der Waals surface area contributed by atoms with Gasteiger partial charge in [-0.25, -0.2) is 19.1 Å². The number of H-pyrrole nitrogens is 3. The van der Waals surface area contributed by atoms with Gasteiger partial charge in [0.1, 0.15) is 54.0 Å². The number of carbonyl (C=O) groups excluding carboxylic acids is 10. The number of ether oxygens (including phenoxy) is 6. The fourth-order valence-electron chi connectivity index (χ4n) is 16.9. The molecule has 0 saturated carbocycles. The van der Waals surface area contributed by atoms with Crippen molar-refractivity contribution in [2.24, 2.45) is 11.8 Å². The number of nitriles is 1. The van der Waals surface area contributed by atoms with Crippen LogP contribution in [0.15, 0.2) is 151 Å². The molecule has 3 aliphatic heterocycles. The Labute approximate surface area is 846 Å². The summed E-state index contributed by atoms with van der Waals surface area (Å²) in [5, 5.41) is 24.2. The monoisotopic (exact) mass is 2030 g/mol. The third-order valence-electron chi connectivity index (χ3n) is 25.0. The highest BCUT2D eigenvalue weighted by molar-refractivity contribution is 7.44. The number of hydrogen-bond acceptors (Lipinski definition) is 26. The number of fused-ring (bicyclic) bond motifs is 1. The van der Waals surface area contributed by atoms with Gasteiger partial charge in [-0.15, -0.1) is 0 Å². The number of amides is 5. The molecule has 0 bridgehead atoms. The minimum Gasteiger partial charge on any atom is -0.497 e. The fraction of sp³-hybridized carbons (Fsp3) is 0.523. The van der Waals surface area contributed by atoms with Gasteiger partial charge < -0.3 is 64.1 Å².